The first-order chi connectivity index (χ1) is 8.18. The summed E-state index contributed by atoms with van der Waals surface area (Å²) in [6.07, 6.45) is 0. The van der Waals surface area contributed by atoms with E-state index in [1.807, 2.05) is 30.3 Å². The minimum atomic E-state index is -0.351. The van der Waals surface area contributed by atoms with E-state index >= 15 is 0 Å². The highest BCUT2D eigenvalue weighted by Crippen LogP contribution is 2.02. The molecule has 1 heterocycles. The van der Waals surface area contributed by atoms with E-state index in [2.05, 4.69) is 15.5 Å². The zero-order valence-electron chi connectivity index (χ0n) is 9.42. The molecule has 0 saturated carbocycles. The molecule has 1 aromatic carbocycles. The second kappa shape index (κ2) is 4.65. The molecule has 0 spiro atoms. The third-order valence-corrected chi connectivity index (χ3v) is 2.34. The molecule has 3 N–H and O–H groups in total. The van der Waals surface area contributed by atoms with E-state index in [9.17, 15) is 4.79 Å². The van der Waals surface area contributed by atoms with Crippen molar-refractivity contribution in [1.29, 1.82) is 0 Å². The van der Waals surface area contributed by atoms with E-state index in [1.165, 1.54) is 0 Å². The molecule has 0 bridgehead atoms. The molecule has 6 heteroatoms. The van der Waals surface area contributed by atoms with Crippen LogP contribution in [0.5, 0.6) is 0 Å². The van der Waals surface area contributed by atoms with Crippen molar-refractivity contribution in [3.05, 3.63) is 51.9 Å². The van der Waals surface area contributed by atoms with Crippen molar-refractivity contribution in [3.63, 3.8) is 0 Å². The fourth-order valence-electron chi connectivity index (χ4n) is 1.38. The molecule has 0 unspecified atom stereocenters. The van der Waals surface area contributed by atoms with Gasteiger partial charge in [-0.1, -0.05) is 30.3 Å². The van der Waals surface area contributed by atoms with Gasteiger partial charge in [0.1, 0.15) is 5.69 Å². The summed E-state index contributed by atoms with van der Waals surface area (Å²) in [6, 6.07) is 9.75. The molecule has 6 nitrogen and oxygen atoms in total. The van der Waals surface area contributed by atoms with Crippen molar-refractivity contribution >= 4 is 5.95 Å². The lowest BCUT2D eigenvalue weighted by atomic mass is 10.2. The summed E-state index contributed by atoms with van der Waals surface area (Å²) in [4.78, 5) is 11.5. The van der Waals surface area contributed by atoms with E-state index in [1.54, 1.807) is 6.92 Å². The van der Waals surface area contributed by atoms with Gasteiger partial charge in [0.05, 0.1) is 0 Å². The number of nitrogens with zero attached hydrogens (tertiary/aromatic N) is 3. The summed E-state index contributed by atoms with van der Waals surface area (Å²) >= 11 is 0. The molecule has 0 fully saturated rings. The molecule has 0 atom stereocenters. The topological polar surface area (TPSA) is 85.8 Å². The van der Waals surface area contributed by atoms with Crippen LogP contribution in [-0.2, 0) is 6.54 Å². The molecule has 17 heavy (non-hydrogen) atoms. The number of benzene rings is 1. The second-order valence-electron chi connectivity index (χ2n) is 3.62. The van der Waals surface area contributed by atoms with Gasteiger partial charge in [0.25, 0.3) is 5.56 Å². The van der Waals surface area contributed by atoms with E-state index in [-0.39, 0.29) is 17.2 Å². The van der Waals surface area contributed by atoms with Gasteiger partial charge in [-0.3, -0.25) is 4.79 Å². The molecule has 88 valence electrons. The summed E-state index contributed by atoms with van der Waals surface area (Å²) < 4.78 is 0.964. The third kappa shape index (κ3) is 2.41. The SMILES string of the molecule is Cc1nnc(NCc2ccccc2)n(N)c1=O. The fraction of sp³-hybridized carbons (Fsp3) is 0.182. The van der Waals surface area contributed by atoms with Gasteiger partial charge >= 0.3 is 0 Å². The van der Waals surface area contributed by atoms with Gasteiger partial charge in [-0.2, -0.15) is 4.68 Å². The van der Waals surface area contributed by atoms with Crippen LogP contribution >= 0.6 is 0 Å². The molecule has 0 radical (unpaired) electrons. The van der Waals surface area contributed by atoms with E-state index in [0.717, 1.165) is 10.2 Å². The molecule has 2 rings (SSSR count). The van der Waals surface area contributed by atoms with Crippen molar-refractivity contribution in [1.82, 2.24) is 14.9 Å². The third-order valence-electron chi connectivity index (χ3n) is 2.34. The predicted molar refractivity (Wildman–Crippen MR) is 64.9 cm³/mol. The Labute approximate surface area is 98.1 Å². The Morgan fingerprint density at radius 2 is 2.00 bits per heavy atom. The maximum Gasteiger partial charge on any atom is 0.295 e. The highest BCUT2D eigenvalue weighted by atomic mass is 16.1. The average molecular weight is 231 g/mol. The minimum absolute atomic E-state index is 0.254. The van der Waals surface area contributed by atoms with Crippen molar-refractivity contribution in [2.45, 2.75) is 13.5 Å². The maximum absolute atomic E-state index is 11.5. The number of nitrogens with two attached hydrogens (primary N) is 1. The zero-order chi connectivity index (χ0) is 12.3. The molecule has 0 aliphatic carbocycles. The van der Waals surface area contributed by atoms with E-state index < -0.39 is 0 Å². The van der Waals surface area contributed by atoms with Crippen LogP contribution in [0, 0.1) is 6.92 Å². The number of anilines is 1. The van der Waals surface area contributed by atoms with E-state index in [4.69, 9.17) is 5.84 Å². The van der Waals surface area contributed by atoms with Crippen molar-refractivity contribution in [3.8, 4) is 0 Å². The van der Waals surface area contributed by atoms with Gasteiger partial charge in [0.15, 0.2) is 0 Å². The van der Waals surface area contributed by atoms with Gasteiger partial charge in [-0.05, 0) is 12.5 Å². The Morgan fingerprint density at radius 3 is 2.71 bits per heavy atom. The Morgan fingerprint density at radius 1 is 1.29 bits per heavy atom. The van der Waals surface area contributed by atoms with Crippen LogP contribution in [0.4, 0.5) is 5.95 Å². The molecule has 0 saturated heterocycles. The summed E-state index contributed by atoms with van der Waals surface area (Å²) in [7, 11) is 0. The lowest BCUT2D eigenvalue weighted by molar-refractivity contribution is 0.793. The summed E-state index contributed by atoms with van der Waals surface area (Å²) in [5.74, 6) is 5.84. The lowest BCUT2D eigenvalue weighted by Gasteiger charge is -2.08. The molecule has 0 aliphatic rings. The number of hydrogen-bond donors (Lipinski definition) is 2. The quantitative estimate of drug-likeness (QED) is 0.741. The number of hydrogen-bond acceptors (Lipinski definition) is 5. The molecule has 0 amide bonds. The normalized spacial score (nSPS) is 10.2. The monoisotopic (exact) mass is 231 g/mol. The van der Waals surface area contributed by atoms with Gasteiger partial charge < -0.3 is 11.2 Å². The highest BCUT2D eigenvalue weighted by molar-refractivity contribution is 5.27. The van der Waals surface area contributed by atoms with Crippen molar-refractivity contribution < 1.29 is 0 Å². The van der Waals surface area contributed by atoms with Crippen molar-refractivity contribution in [2.75, 3.05) is 11.2 Å². The average Bonchev–Trinajstić information content (AvgIpc) is 2.36. The van der Waals surface area contributed by atoms with Crippen LogP contribution in [-0.4, -0.2) is 14.9 Å². The smallest absolute Gasteiger partial charge is 0.295 e. The van der Waals surface area contributed by atoms with Crippen LogP contribution < -0.4 is 16.7 Å². The van der Waals surface area contributed by atoms with E-state index in [0.29, 0.717) is 6.54 Å². The molecule has 1 aromatic heterocycles. The fourth-order valence-corrected chi connectivity index (χ4v) is 1.38. The standard InChI is InChI=1S/C11H13N5O/c1-8-10(17)16(12)11(15-14-8)13-7-9-5-3-2-4-6-9/h2-6H,7,12H2,1H3,(H,13,15). The van der Waals surface area contributed by atoms with Crippen LogP contribution in [0.1, 0.15) is 11.3 Å². The molecule has 0 aliphatic heterocycles. The summed E-state index contributed by atoms with van der Waals surface area (Å²) in [6.45, 7) is 2.11. The highest BCUT2D eigenvalue weighted by Gasteiger charge is 2.05. The number of nitrogen functional groups attached to an aromatic ring is 1. The van der Waals surface area contributed by atoms with Crippen LogP contribution in [0.25, 0.3) is 0 Å². The Kier molecular flexibility index (Phi) is 3.04. The second-order valence-corrected chi connectivity index (χ2v) is 3.62. The molecular weight excluding hydrogens is 218 g/mol. The first kappa shape index (κ1) is 11.1. The lowest BCUT2D eigenvalue weighted by Crippen LogP contribution is -2.33. The van der Waals surface area contributed by atoms with Gasteiger partial charge in [0.2, 0.25) is 5.95 Å². The first-order valence-electron chi connectivity index (χ1n) is 5.17. The number of nitrogens with one attached hydrogen (secondary N) is 1. The zero-order valence-corrected chi connectivity index (χ0v) is 9.42. The van der Waals surface area contributed by atoms with Crippen LogP contribution in [0.2, 0.25) is 0 Å². The van der Waals surface area contributed by atoms with Gasteiger partial charge in [-0.25, -0.2) is 0 Å². The summed E-state index contributed by atoms with van der Waals surface area (Å²) in [5.41, 5.74) is 0.996. The van der Waals surface area contributed by atoms with Gasteiger partial charge in [0, 0.05) is 6.54 Å². The maximum atomic E-state index is 11.5. The molecular formula is C11H13N5O. The molecule has 2 aromatic rings. The largest absolute Gasteiger partial charge is 0.349 e. The van der Waals surface area contributed by atoms with Gasteiger partial charge in [-0.15, -0.1) is 10.2 Å². The minimum Gasteiger partial charge on any atom is -0.349 e. The predicted octanol–water partition coefficient (Wildman–Crippen LogP) is 0.273. The number of rotatable bonds is 3. The summed E-state index contributed by atoms with van der Waals surface area (Å²) in [5, 5.41) is 10.5. The Bertz CT molecular complexity index is 564. The van der Waals surface area contributed by atoms with Crippen LogP contribution in [0.15, 0.2) is 35.1 Å². The van der Waals surface area contributed by atoms with Crippen molar-refractivity contribution in [2.24, 2.45) is 0 Å². The number of aromatic nitrogens is 3. The number of aryl methyl sites for hydroxylation is 1. The van der Waals surface area contributed by atoms with Crippen LogP contribution in [0.3, 0.4) is 0 Å². The Hall–Kier alpha value is -2.37. The first-order valence-corrected chi connectivity index (χ1v) is 5.17. The Balaban J connectivity index is 2.15.